The second kappa shape index (κ2) is 4.87. The van der Waals surface area contributed by atoms with E-state index in [4.69, 9.17) is 5.73 Å². The molecule has 3 heteroatoms. The lowest BCUT2D eigenvalue weighted by atomic mass is 9.83. The highest BCUT2D eigenvalue weighted by atomic mass is 16.2. The van der Waals surface area contributed by atoms with Crippen LogP contribution in [0.25, 0.3) is 0 Å². The van der Waals surface area contributed by atoms with Crippen LogP contribution in [0.3, 0.4) is 0 Å². The van der Waals surface area contributed by atoms with Gasteiger partial charge in [-0.2, -0.15) is 0 Å². The summed E-state index contributed by atoms with van der Waals surface area (Å²) in [7, 11) is 0. The molecule has 104 valence electrons. The molecule has 1 heterocycles. The third kappa shape index (κ3) is 2.60. The number of carbonyl (C=O) groups is 1. The lowest BCUT2D eigenvalue weighted by Gasteiger charge is -2.32. The Bertz CT molecular complexity index is 464. The summed E-state index contributed by atoms with van der Waals surface area (Å²) in [5.74, 6) is 0.815. The Morgan fingerprint density at radius 3 is 2.32 bits per heavy atom. The van der Waals surface area contributed by atoms with Gasteiger partial charge in [0.25, 0.3) is 0 Å². The molecule has 1 aliphatic rings. The van der Waals surface area contributed by atoms with Crippen LogP contribution < -0.4 is 5.73 Å². The fourth-order valence-electron chi connectivity index (χ4n) is 2.97. The zero-order chi connectivity index (χ0) is 14.2. The van der Waals surface area contributed by atoms with Gasteiger partial charge in [-0.25, -0.2) is 0 Å². The maximum absolute atomic E-state index is 12.8. The fraction of sp³-hybridized carbons (Fsp3) is 0.562. The first-order chi connectivity index (χ1) is 8.82. The van der Waals surface area contributed by atoms with E-state index >= 15 is 0 Å². The third-order valence-electron chi connectivity index (χ3n) is 4.21. The number of hydrogen-bond donors (Lipinski definition) is 1. The minimum absolute atomic E-state index is 0.217. The Balaban J connectivity index is 2.24. The molecule has 2 atom stereocenters. The Labute approximate surface area is 115 Å². The largest absolute Gasteiger partial charge is 0.399 e. The van der Waals surface area contributed by atoms with Crippen LogP contribution in [0.4, 0.5) is 5.69 Å². The fourth-order valence-corrected chi connectivity index (χ4v) is 2.97. The van der Waals surface area contributed by atoms with Gasteiger partial charge in [0.2, 0.25) is 5.91 Å². The van der Waals surface area contributed by atoms with E-state index in [2.05, 4.69) is 13.8 Å². The molecule has 2 N–H and O–H groups in total. The van der Waals surface area contributed by atoms with Crippen molar-refractivity contribution in [2.45, 2.75) is 45.6 Å². The Morgan fingerprint density at radius 1 is 1.26 bits per heavy atom. The van der Waals surface area contributed by atoms with Crippen LogP contribution in [0, 0.1) is 5.92 Å². The molecule has 1 fully saturated rings. The van der Waals surface area contributed by atoms with Crippen molar-refractivity contribution in [2.24, 2.45) is 5.92 Å². The number of amides is 1. The van der Waals surface area contributed by atoms with Crippen molar-refractivity contribution in [2.75, 3.05) is 12.3 Å². The second-order valence-corrected chi connectivity index (χ2v) is 6.39. The minimum Gasteiger partial charge on any atom is -0.399 e. The second-order valence-electron chi connectivity index (χ2n) is 6.39. The van der Waals surface area contributed by atoms with Crippen molar-refractivity contribution < 1.29 is 4.79 Å². The SMILES string of the molecule is CC1CC(C)N(C(=O)C(C)(C)c2ccc(N)cc2)C1. The number of hydrogen-bond acceptors (Lipinski definition) is 2. The number of nitrogens with two attached hydrogens (primary N) is 1. The van der Waals surface area contributed by atoms with Crippen LogP contribution in [0.1, 0.15) is 39.7 Å². The molecule has 3 nitrogen and oxygen atoms in total. The summed E-state index contributed by atoms with van der Waals surface area (Å²) in [6.07, 6.45) is 1.10. The van der Waals surface area contributed by atoms with E-state index in [1.54, 1.807) is 0 Å². The van der Waals surface area contributed by atoms with Crippen molar-refractivity contribution in [3.8, 4) is 0 Å². The number of likely N-dealkylation sites (tertiary alicyclic amines) is 1. The molecule has 1 aromatic carbocycles. The molecule has 2 unspecified atom stereocenters. The van der Waals surface area contributed by atoms with Crippen molar-refractivity contribution in [3.63, 3.8) is 0 Å². The number of nitrogens with zero attached hydrogens (tertiary/aromatic N) is 1. The summed E-state index contributed by atoms with van der Waals surface area (Å²) < 4.78 is 0. The Hall–Kier alpha value is -1.51. The van der Waals surface area contributed by atoms with E-state index < -0.39 is 5.41 Å². The lowest BCUT2D eigenvalue weighted by molar-refractivity contribution is -0.136. The van der Waals surface area contributed by atoms with E-state index in [1.165, 1.54) is 0 Å². The minimum atomic E-state index is -0.494. The first-order valence-electron chi connectivity index (χ1n) is 6.99. The monoisotopic (exact) mass is 260 g/mol. The van der Waals surface area contributed by atoms with Gasteiger partial charge in [0.15, 0.2) is 0 Å². The van der Waals surface area contributed by atoms with Crippen molar-refractivity contribution >= 4 is 11.6 Å². The first-order valence-corrected chi connectivity index (χ1v) is 6.99. The highest BCUT2D eigenvalue weighted by molar-refractivity contribution is 5.88. The number of anilines is 1. The summed E-state index contributed by atoms with van der Waals surface area (Å²) >= 11 is 0. The van der Waals surface area contributed by atoms with Crippen LogP contribution in [0.2, 0.25) is 0 Å². The molecular formula is C16H24N2O. The summed E-state index contributed by atoms with van der Waals surface area (Å²) in [4.78, 5) is 14.8. The standard InChI is InChI=1S/C16H24N2O/c1-11-9-12(2)18(10-11)15(19)16(3,4)13-5-7-14(17)8-6-13/h5-8,11-12H,9-10,17H2,1-4H3. The molecule has 0 aliphatic carbocycles. The third-order valence-corrected chi connectivity index (χ3v) is 4.21. The van der Waals surface area contributed by atoms with Crippen molar-refractivity contribution in [1.82, 2.24) is 4.90 Å². The van der Waals surface area contributed by atoms with Gasteiger partial charge >= 0.3 is 0 Å². The Morgan fingerprint density at radius 2 is 1.84 bits per heavy atom. The van der Waals surface area contributed by atoms with E-state index in [0.29, 0.717) is 12.0 Å². The van der Waals surface area contributed by atoms with Gasteiger partial charge in [-0.15, -0.1) is 0 Å². The molecule has 1 amide bonds. The van der Waals surface area contributed by atoms with Gasteiger partial charge in [0.1, 0.15) is 0 Å². The zero-order valence-corrected chi connectivity index (χ0v) is 12.3. The number of nitrogen functional groups attached to an aromatic ring is 1. The van der Waals surface area contributed by atoms with Gasteiger partial charge in [0.05, 0.1) is 5.41 Å². The summed E-state index contributed by atoms with van der Waals surface area (Å²) in [5.41, 5.74) is 6.98. The van der Waals surface area contributed by atoms with Crippen molar-refractivity contribution in [1.29, 1.82) is 0 Å². The predicted octanol–water partition coefficient (Wildman–Crippen LogP) is 2.80. The molecule has 1 aromatic rings. The molecule has 19 heavy (non-hydrogen) atoms. The first kappa shape index (κ1) is 13.9. The van der Waals surface area contributed by atoms with E-state index in [-0.39, 0.29) is 5.91 Å². The predicted molar refractivity (Wildman–Crippen MR) is 78.8 cm³/mol. The summed E-state index contributed by atoms with van der Waals surface area (Å²) in [5, 5.41) is 0. The number of rotatable bonds is 2. The summed E-state index contributed by atoms with van der Waals surface area (Å²) in [6, 6.07) is 7.98. The molecular weight excluding hydrogens is 236 g/mol. The van der Waals surface area contributed by atoms with Crippen LogP contribution in [-0.4, -0.2) is 23.4 Å². The van der Waals surface area contributed by atoms with Crippen molar-refractivity contribution in [3.05, 3.63) is 29.8 Å². The van der Waals surface area contributed by atoms with Gasteiger partial charge in [0, 0.05) is 18.3 Å². The average Bonchev–Trinajstić information content (AvgIpc) is 2.68. The topological polar surface area (TPSA) is 46.3 Å². The van der Waals surface area contributed by atoms with Crippen LogP contribution in [0.5, 0.6) is 0 Å². The number of benzene rings is 1. The molecule has 1 aliphatic heterocycles. The van der Waals surface area contributed by atoms with E-state index in [1.807, 2.05) is 43.0 Å². The molecule has 0 saturated carbocycles. The average molecular weight is 260 g/mol. The number of carbonyl (C=O) groups excluding carboxylic acids is 1. The zero-order valence-electron chi connectivity index (χ0n) is 12.3. The Kier molecular flexibility index (Phi) is 3.57. The highest BCUT2D eigenvalue weighted by Crippen LogP contribution is 2.31. The highest BCUT2D eigenvalue weighted by Gasteiger charge is 2.39. The maximum atomic E-state index is 12.8. The smallest absolute Gasteiger partial charge is 0.232 e. The van der Waals surface area contributed by atoms with Gasteiger partial charge < -0.3 is 10.6 Å². The molecule has 0 bridgehead atoms. The van der Waals surface area contributed by atoms with Crippen LogP contribution in [0.15, 0.2) is 24.3 Å². The van der Waals surface area contributed by atoms with Gasteiger partial charge in [-0.3, -0.25) is 4.79 Å². The lowest BCUT2D eigenvalue weighted by Crippen LogP contribution is -2.45. The molecule has 0 radical (unpaired) electrons. The van der Waals surface area contributed by atoms with E-state index in [0.717, 1.165) is 24.2 Å². The van der Waals surface area contributed by atoms with Gasteiger partial charge in [-0.1, -0.05) is 19.1 Å². The van der Waals surface area contributed by atoms with Gasteiger partial charge in [-0.05, 0) is 50.8 Å². The summed E-state index contributed by atoms with van der Waals surface area (Å²) in [6.45, 7) is 9.21. The normalized spacial score (nSPS) is 23.7. The van der Waals surface area contributed by atoms with Crippen LogP contribution in [-0.2, 0) is 10.2 Å². The molecule has 0 spiro atoms. The molecule has 2 rings (SSSR count). The van der Waals surface area contributed by atoms with Crippen LogP contribution >= 0.6 is 0 Å². The molecule has 1 saturated heterocycles. The molecule has 0 aromatic heterocycles. The quantitative estimate of drug-likeness (QED) is 0.831. The maximum Gasteiger partial charge on any atom is 0.232 e. The van der Waals surface area contributed by atoms with E-state index in [9.17, 15) is 4.79 Å².